The highest BCUT2D eigenvalue weighted by atomic mass is 32.1. The van der Waals surface area contributed by atoms with Crippen molar-refractivity contribution in [3.63, 3.8) is 0 Å². The van der Waals surface area contributed by atoms with Crippen molar-refractivity contribution >= 4 is 17.2 Å². The lowest BCUT2D eigenvalue weighted by Crippen LogP contribution is -2.37. The Morgan fingerprint density at radius 3 is 3.00 bits per heavy atom. The number of thiazole rings is 1. The maximum Gasteiger partial charge on any atom is 0.270 e. The Balaban J connectivity index is 1.45. The SMILES string of the molecule is NCCc1nc(C(=O)NCCN2CCc3ccccc3C2)cs1. The van der Waals surface area contributed by atoms with E-state index in [1.54, 1.807) is 5.38 Å². The number of carbonyl (C=O) groups is 1. The molecule has 1 aromatic heterocycles. The van der Waals surface area contributed by atoms with Gasteiger partial charge < -0.3 is 11.1 Å². The molecule has 1 aliphatic rings. The standard InChI is InChI=1S/C17H22N4OS/c18-7-5-16-20-15(12-23-16)17(22)19-8-10-21-9-6-13-3-1-2-4-14(13)11-21/h1-4,12H,5-11,18H2,(H,19,22). The molecule has 1 aliphatic heterocycles. The third-order valence-corrected chi connectivity index (χ3v) is 4.97. The van der Waals surface area contributed by atoms with Crippen LogP contribution in [-0.4, -0.2) is 42.0 Å². The fraction of sp³-hybridized carbons (Fsp3) is 0.412. The molecular weight excluding hydrogens is 308 g/mol. The van der Waals surface area contributed by atoms with Crippen molar-refractivity contribution in [3.05, 3.63) is 51.5 Å². The summed E-state index contributed by atoms with van der Waals surface area (Å²) >= 11 is 1.49. The number of hydrogen-bond acceptors (Lipinski definition) is 5. The summed E-state index contributed by atoms with van der Waals surface area (Å²) in [5, 5.41) is 5.68. The summed E-state index contributed by atoms with van der Waals surface area (Å²) in [6.07, 6.45) is 1.81. The summed E-state index contributed by atoms with van der Waals surface area (Å²) < 4.78 is 0. The highest BCUT2D eigenvalue weighted by Crippen LogP contribution is 2.17. The third-order valence-electron chi connectivity index (χ3n) is 4.07. The van der Waals surface area contributed by atoms with Gasteiger partial charge in [-0.3, -0.25) is 9.69 Å². The smallest absolute Gasteiger partial charge is 0.270 e. The first-order valence-corrected chi connectivity index (χ1v) is 8.86. The highest BCUT2D eigenvalue weighted by molar-refractivity contribution is 7.09. The van der Waals surface area contributed by atoms with Gasteiger partial charge in [0.15, 0.2) is 0 Å². The molecule has 6 heteroatoms. The van der Waals surface area contributed by atoms with Crippen LogP contribution < -0.4 is 11.1 Å². The zero-order valence-corrected chi connectivity index (χ0v) is 13.9. The van der Waals surface area contributed by atoms with Crippen LogP contribution in [0.25, 0.3) is 0 Å². The average molecular weight is 330 g/mol. The number of aromatic nitrogens is 1. The zero-order valence-electron chi connectivity index (χ0n) is 13.1. The molecule has 5 nitrogen and oxygen atoms in total. The van der Waals surface area contributed by atoms with Gasteiger partial charge in [0.1, 0.15) is 5.69 Å². The van der Waals surface area contributed by atoms with E-state index in [1.165, 1.54) is 22.5 Å². The van der Waals surface area contributed by atoms with Gasteiger partial charge in [0.05, 0.1) is 5.01 Å². The summed E-state index contributed by atoms with van der Waals surface area (Å²) in [6.45, 7) is 4.07. The quantitative estimate of drug-likeness (QED) is 0.841. The maximum atomic E-state index is 12.1. The van der Waals surface area contributed by atoms with Crippen LogP contribution in [0, 0.1) is 0 Å². The van der Waals surface area contributed by atoms with E-state index >= 15 is 0 Å². The van der Waals surface area contributed by atoms with Crippen LogP contribution in [0.4, 0.5) is 0 Å². The molecule has 0 bridgehead atoms. The van der Waals surface area contributed by atoms with Crippen molar-refractivity contribution in [2.45, 2.75) is 19.4 Å². The molecule has 23 heavy (non-hydrogen) atoms. The van der Waals surface area contributed by atoms with Gasteiger partial charge in [0, 0.05) is 38.0 Å². The number of hydrogen-bond donors (Lipinski definition) is 2. The van der Waals surface area contributed by atoms with Gasteiger partial charge in [-0.05, 0) is 24.1 Å². The molecule has 3 rings (SSSR count). The van der Waals surface area contributed by atoms with E-state index in [0.29, 0.717) is 18.8 Å². The molecule has 0 fully saturated rings. The number of nitrogens with one attached hydrogen (secondary N) is 1. The predicted molar refractivity (Wildman–Crippen MR) is 92.6 cm³/mol. The Morgan fingerprint density at radius 2 is 2.17 bits per heavy atom. The van der Waals surface area contributed by atoms with Crippen LogP contribution in [0.2, 0.25) is 0 Å². The summed E-state index contributed by atoms with van der Waals surface area (Å²) in [5.74, 6) is -0.0954. The van der Waals surface area contributed by atoms with Crippen LogP contribution >= 0.6 is 11.3 Å². The van der Waals surface area contributed by atoms with Gasteiger partial charge in [-0.15, -0.1) is 11.3 Å². The van der Waals surface area contributed by atoms with E-state index in [1.807, 2.05) is 0 Å². The van der Waals surface area contributed by atoms with Gasteiger partial charge in [0.2, 0.25) is 0 Å². The highest BCUT2D eigenvalue weighted by Gasteiger charge is 2.16. The lowest BCUT2D eigenvalue weighted by Gasteiger charge is -2.28. The summed E-state index contributed by atoms with van der Waals surface area (Å²) in [7, 11) is 0. The minimum absolute atomic E-state index is 0.0954. The van der Waals surface area contributed by atoms with E-state index in [4.69, 9.17) is 5.73 Å². The number of carbonyl (C=O) groups excluding carboxylic acids is 1. The lowest BCUT2D eigenvalue weighted by atomic mass is 10.00. The average Bonchev–Trinajstić information content (AvgIpc) is 3.04. The Kier molecular flexibility index (Phi) is 5.38. The van der Waals surface area contributed by atoms with Crippen molar-refractivity contribution < 1.29 is 4.79 Å². The molecule has 0 radical (unpaired) electrons. The van der Waals surface area contributed by atoms with E-state index in [-0.39, 0.29) is 5.91 Å². The fourth-order valence-corrected chi connectivity index (χ4v) is 3.61. The molecule has 0 aliphatic carbocycles. The topological polar surface area (TPSA) is 71.2 Å². The molecule has 122 valence electrons. The zero-order chi connectivity index (χ0) is 16.1. The first-order chi connectivity index (χ1) is 11.3. The monoisotopic (exact) mass is 330 g/mol. The Bertz CT molecular complexity index is 670. The van der Waals surface area contributed by atoms with Crippen LogP contribution in [0.3, 0.4) is 0 Å². The molecule has 0 spiro atoms. The van der Waals surface area contributed by atoms with Crippen molar-refractivity contribution in [2.24, 2.45) is 5.73 Å². The van der Waals surface area contributed by atoms with Gasteiger partial charge in [0.25, 0.3) is 5.91 Å². The van der Waals surface area contributed by atoms with E-state index in [0.717, 1.165) is 37.5 Å². The van der Waals surface area contributed by atoms with E-state index in [9.17, 15) is 4.79 Å². The second-order valence-corrected chi connectivity index (χ2v) is 6.66. The first-order valence-electron chi connectivity index (χ1n) is 7.98. The van der Waals surface area contributed by atoms with Crippen LogP contribution in [-0.2, 0) is 19.4 Å². The summed E-state index contributed by atoms with van der Waals surface area (Å²) in [4.78, 5) is 18.8. The number of rotatable bonds is 6. The van der Waals surface area contributed by atoms with E-state index in [2.05, 4.69) is 39.5 Å². The number of benzene rings is 1. The molecule has 3 N–H and O–H groups in total. The lowest BCUT2D eigenvalue weighted by molar-refractivity contribution is 0.0943. The predicted octanol–water partition coefficient (Wildman–Crippen LogP) is 1.43. The molecule has 0 unspecified atom stereocenters. The fourth-order valence-electron chi connectivity index (χ4n) is 2.82. The van der Waals surface area contributed by atoms with E-state index < -0.39 is 0 Å². The number of amides is 1. The molecule has 0 saturated heterocycles. The second kappa shape index (κ2) is 7.68. The Morgan fingerprint density at radius 1 is 1.35 bits per heavy atom. The summed E-state index contributed by atoms with van der Waals surface area (Å²) in [6, 6.07) is 8.58. The molecule has 2 aromatic rings. The molecule has 0 atom stereocenters. The summed E-state index contributed by atoms with van der Waals surface area (Å²) in [5.41, 5.74) is 8.85. The Labute approximate surface area is 140 Å². The normalized spacial score (nSPS) is 14.5. The Hall–Kier alpha value is -1.76. The largest absolute Gasteiger partial charge is 0.349 e. The molecule has 0 saturated carbocycles. The van der Waals surface area contributed by atoms with Gasteiger partial charge in [-0.1, -0.05) is 24.3 Å². The second-order valence-electron chi connectivity index (χ2n) is 5.72. The molecule has 1 amide bonds. The van der Waals surface area contributed by atoms with Crippen LogP contribution in [0.15, 0.2) is 29.6 Å². The van der Waals surface area contributed by atoms with Crippen molar-refractivity contribution in [2.75, 3.05) is 26.2 Å². The van der Waals surface area contributed by atoms with Gasteiger partial charge >= 0.3 is 0 Å². The molecule has 2 heterocycles. The molecule has 1 aromatic carbocycles. The first kappa shape index (κ1) is 16.1. The van der Waals surface area contributed by atoms with Crippen LogP contribution in [0.1, 0.15) is 26.6 Å². The number of fused-ring (bicyclic) bond motifs is 1. The van der Waals surface area contributed by atoms with Crippen LogP contribution in [0.5, 0.6) is 0 Å². The van der Waals surface area contributed by atoms with Gasteiger partial charge in [-0.25, -0.2) is 4.98 Å². The minimum Gasteiger partial charge on any atom is -0.349 e. The third kappa shape index (κ3) is 4.16. The van der Waals surface area contributed by atoms with Crippen molar-refractivity contribution in [3.8, 4) is 0 Å². The van der Waals surface area contributed by atoms with Crippen molar-refractivity contribution in [1.82, 2.24) is 15.2 Å². The minimum atomic E-state index is -0.0954. The maximum absolute atomic E-state index is 12.1. The molecular formula is C17H22N4OS. The van der Waals surface area contributed by atoms with Gasteiger partial charge in [-0.2, -0.15) is 0 Å². The number of nitrogens with two attached hydrogens (primary N) is 1. The number of nitrogens with zero attached hydrogens (tertiary/aromatic N) is 2. The van der Waals surface area contributed by atoms with Crippen molar-refractivity contribution in [1.29, 1.82) is 0 Å².